The third-order valence-electron chi connectivity index (χ3n) is 1.79. The van der Waals surface area contributed by atoms with Crippen molar-refractivity contribution in [1.82, 2.24) is 0 Å². The molecule has 0 rings (SSSR count). The van der Waals surface area contributed by atoms with Gasteiger partial charge in [-0.3, -0.25) is 9.59 Å². The van der Waals surface area contributed by atoms with Gasteiger partial charge in [-0.05, 0) is 12.8 Å². The zero-order valence-corrected chi connectivity index (χ0v) is 10.9. The van der Waals surface area contributed by atoms with Crippen molar-refractivity contribution in [2.24, 2.45) is 0 Å². The van der Waals surface area contributed by atoms with E-state index in [4.69, 9.17) is 4.74 Å². The van der Waals surface area contributed by atoms with Crippen LogP contribution in [0.1, 0.15) is 39.5 Å². The summed E-state index contributed by atoms with van der Waals surface area (Å²) in [7, 11) is 0. The average molecular weight is 312 g/mol. The summed E-state index contributed by atoms with van der Waals surface area (Å²) >= 11 is 1.93. The van der Waals surface area contributed by atoms with Gasteiger partial charge >= 0.3 is 5.97 Å². The second-order valence-electron chi connectivity index (χ2n) is 3.12. The molecule has 0 N–H and O–H groups in total. The number of hydrogen-bond donors (Lipinski definition) is 0. The van der Waals surface area contributed by atoms with Gasteiger partial charge in [-0.15, -0.1) is 0 Å². The van der Waals surface area contributed by atoms with Crippen LogP contribution in [0.5, 0.6) is 0 Å². The molecule has 1 unspecified atom stereocenters. The SMILES string of the molecule is CCCC(=O)C(CCC)OC(=O)CI. The fourth-order valence-corrected chi connectivity index (χ4v) is 1.33. The smallest absolute Gasteiger partial charge is 0.316 e. The van der Waals surface area contributed by atoms with E-state index in [1.165, 1.54) is 0 Å². The number of rotatable bonds is 7. The molecule has 4 heteroatoms. The van der Waals surface area contributed by atoms with Gasteiger partial charge in [0.15, 0.2) is 11.9 Å². The third kappa shape index (κ3) is 5.57. The number of ketones is 1. The summed E-state index contributed by atoms with van der Waals surface area (Å²) in [6.45, 7) is 3.92. The normalized spacial score (nSPS) is 12.2. The van der Waals surface area contributed by atoms with Crippen molar-refractivity contribution in [2.45, 2.75) is 45.6 Å². The number of carbonyl (C=O) groups excluding carboxylic acids is 2. The van der Waals surface area contributed by atoms with Crippen LogP contribution >= 0.6 is 22.6 Å². The van der Waals surface area contributed by atoms with E-state index in [1.807, 2.05) is 36.4 Å². The molecule has 0 aromatic carbocycles. The molecular formula is C10H17IO3. The molecular weight excluding hydrogens is 295 g/mol. The molecule has 0 fully saturated rings. The first-order valence-corrected chi connectivity index (χ1v) is 6.46. The highest BCUT2D eigenvalue weighted by atomic mass is 127. The van der Waals surface area contributed by atoms with Crippen molar-refractivity contribution in [1.29, 1.82) is 0 Å². The maximum atomic E-state index is 11.5. The molecule has 0 saturated carbocycles. The highest BCUT2D eigenvalue weighted by molar-refractivity contribution is 14.1. The molecule has 82 valence electrons. The lowest BCUT2D eigenvalue weighted by molar-refractivity contribution is -0.152. The monoisotopic (exact) mass is 312 g/mol. The van der Waals surface area contributed by atoms with Gasteiger partial charge in [-0.1, -0.05) is 42.9 Å². The van der Waals surface area contributed by atoms with Gasteiger partial charge in [-0.2, -0.15) is 0 Å². The van der Waals surface area contributed by atoms with Gasteiger partial charge in [0.2, 0.25) is 0 Å². The fraction of sp³-hybridized carbons (Fsp3) is 0.800. The molecule has 0 aliphatic carbocycles. The predicted octanol–water partition coefficient (Wildman–Crippen LogP) is 2.50. The molecule has 0 aromatic heterocycles. The number of alkyl halides is 1. The van der Waals surface area contributed by atoms with E-state index >= 15 is 0 Å². The number of ether oxygens (including phenoxy) is 1. The van der Waals surface area contributed by atoms with Crippen molar-refractivity contribution in [3.63, 3.8) is 0 Å². The molecule has 0 aliphatic heterocycles. The minimum absolute atomic E-state index is 0.0487. The number of halogens is 1. The topological polar surface area (TPSA) is 43.4 Å². The molecule has 0 radical (unpaired) electrons. The van der Waals surface area contributed by atoms with E-state index in [2.05, 4.69) is 0 Å². The fourth-order valence-electron chi connectivity index (χ4n) is 1.15. The van der Waals surface area contributed by atoms with Gasteiger partial charge in [0, 0.05) is 6.42 Å². The van der Waals surface area contributed by atoms with E-state index in [1.54, 1.807) is 0 Å². The number of carbonyl (C=O) groups is 2. The largest absolute Gasteiger partial charge is 0.454 e. The molecule has 1 atom stereocenters. The Balaban J connectivity index is 4.13. The quantitative estimate of drug-likeness (QED) is 0.412. The van der Waals surface area contributed by atoms with Crippen LogP contribution in [0.2, 0.25) is 0 Å². The van der Waals surface area contributed by atoms with Crippen LogP contribution < -0.4 is 0 Å². The van der Waals surface area contributed by atoms with Crippen molar-refractivity contribution in [3.8, 4) is 0 Å². The van der Waals surface area contributed by atoms with Gasteiger partial charge in [0.25, 0.3) is 0 Å². The first-order chi connectivity index (χ1) is 6.65. The third-order valence-corrected chi connectivity index (χ3v) is 2.41. The summed E-state index contributed by atoms with van der Waals surface area (Å²) in [5.74, 6) is -0.249. The molecule has 0 amide bonds. The zero-order valence-electron chi connectivity index (χ0n) is 8.72. The number of Topliss-reactive ketones (excluding diaryl/α,β-unsaturated/α-hetero) is 1. The van der Waals surface area contributed by atoms with Crippen molar-refractivity contribution >= 4 is 34.3 Å². The summed E-state index contributed by atoms with van der Waals surface area (Å²) < 4.78 is 5.36. The molecule has 0 aromatic rings. The Morgan fingerprint density at radius 1 is 1.29 bits per heavy atom. The highest BCUT2D eigenvalue weighted by Crippen LogP contribution is 2.08. The zero-order chi connectivity index (χ0) is 11.0. The Morgan fingerprint density at radius 2 is 1.93 bits per heavy atom. The lowest BCUT2D eigenvalue weighted by Crippen LogP contribution is -2.27. The predicted molar refractivity (Wildman–Crippen MR) is 63.6 cm³/mol. The summed E-state index contributed by atoms with van der Waals surface area (Å²) in [5.41, 5.74) is 0. The summed E-state index contributed by atoms with van der Waals surface area (Å²) in [5, 5.41) is 0. The molecule has 0 bridgehead atoms. The maximum Gasteiger partial charge on any atom is 0.316 e. The molecule has 3 nitrogen and oxygen atoms in total. The summed E-state index contributed by atoms with van der Waals surface area (Å²) in [6, 6.07) is 0. The van der Waals surface area contributed by atoms with Crippen molar-refractivity contribution in [2.75, 3.05) is 4.43 Å². The summed E-state index contributed by atoms with van der Waals surface area (Å²) in [6.07, 6.45) is 2.29. The van der Waals surface area contributed by atoms with E-state index in [-0.39, 0.29) is 11.8 Å². The van der Waals surface area contributed by atoms with Crippen molar-refractivity contribution < 1.29 is 14.3 Å². The van der Waals surface area contributed by atoms with Gasteiger partial charge in [-0.25, -0.2) is 0 Å². The minimum atomic E-state index is -0.512. The Hall–Kier alpha value is -0.130. The van der Waals surface area contributed by atoms with Crippen LogP contribution in [-0.4, -0.2) is 22.3 Å². The Morgan fingerprint density at radius 3 is 2.36 bits per heavy atom. The van der Waals surface area contributed by atoms with Crippen LogP contribution in [0.4, 0.5) is 0 Å². The number of hydrogen-bond acceptors (Lipinski definition) is 3. The Bertz CT molecular complexity index is 192. The van der Waals surface area contributed by atoms with Crippen LogP contribution in [-0.2, 0) is 14.3 Å². The lowest BCUT2D eigenvalue weighted by atomic mass is 10.1. The Kier molecular flexibility index (Phi) is 8.12. The van der Waals surface area contributed by atoms with Gasteiger partial charge in [0.05, 0.1) is 4.43 Å². The lowest BCUT2D eigenvalue weighted by Gasteiger charge is -2.14. The highest BCUT2D eigenvalue weighted by Gasteiger charge is 2.20. The van der Waals surface area contributed by atoms with Crippen LogP contribution in [0.15, 0.2) is 0 Å². The van der Waals surface area contributed by atoms with Crippen LogP contribution in [0, 0.1) is 0 Å². The maximum absolute atomic E-state index is 11.5. The van der Waals surface area contributed by atoms with Gasteiger partial charge < -0.3 is 4.74 Å². The minimum Gasteiger partial charge on any atom is -0.454 e. The molecule has 0 aliphatic rings. The van der Waals surface area contributed by atoms with E-state index in [9.17, 15) is 9.59 Å². The summed E-state index contributed by atoms with van der Waals surface area (Å²) in [4.78, 5) is 22.5. The van der Waals surface area contributed by atoms with E-state index < -0.39 is 6.10 Å². The molecule has 0 heterocycles. The Labute approximate surface area is 98.7 Å². The second-order valence-corrected chi connectivity index (χ2v) is 3.88. The number of esters is 1. The second kappa shape index (κ2) is 8.20. The first kappa shape index (κ1) is 13.9. The first-order valence-electron chi connectivity index (χ1n) is 4.93. The van der Waals surface area contributed by atoms with Gasteiger partial charge in [0.1, 0.15) is 0 Å². The van der Waals surface area contributed by atoms with E-state index in [0.29, 0.717) is 17.3 Å². The molecule has 0 spiro atoms. The van der Waals surface area contributed by atoms with Crippen molar-refractivity contribution in [3.05, 3.63) is 0 Å². The average Bonchev–Trinajstić information content (AvgIpc) is 2.17. The van der Waals surface area contributed by atoms with Crippen LogP contribution in [0.3, 0.4) is 0 Å². The molecule has 14 heavy (non-hydrogen) atoms. The van der Waals surface area contributed by atoms with Crippen LogP contribution in [0.25, 0.3) is 0 Å². The standard InChI is InChI=1S/C10H17IO3/c1-3-5-8(12)9(6-4-2)14-10(13)7-11/h9H,3-7H2,1-2H3. The molecule has 0 saturated heterocycles. The van der Waals surface area contributed by atoms with E-state index in [0.717, 1.165) is 12.8 Å².